The van der Waals surface area contributed by atoms with Crippen molar-refractivity contribution in [2.45, 2.75) is 24.8 Å². The second kappa shape index (κ2) is 7.29. The summed E-state index contributed by atoms with van der Waals surface area (Å²) in [6.07, 6.45) is 3.00. The highest BCUT2D eigenvalue weighted by Gasteiger charge is 2.20. The Kier molecular flexibility index (Phi) is 5.06. The first-order valence-electron chi connectivity index (χ1n) is 8.09. The summed E-state index contributed by atoms with van der Waals surface area (Å²) in [5.74, 6) is -1.17. The van der Waals surface area contributed by atoms with Gasteiger partial charge in [-0.1, -0.05) is 18.2 Å². The Balaban J connectivity index is 1.81. The summed E-state index contributed by atoms with van der Waals surface area (Å²) < 4.78 is 29.4. The van der Waals surface area contributed by atoms with E-state index in [1.807, 2.05) is 12.1 Å². The van der Waals surface area contributed by atoms with E-state index in [1.54, 1.807) is 37.0 Å². The van der Waals surface area contributed by atoms with Gasteiger partial charge in [0.1, 0.15) is 12.7 Å². The van der Waals surface area contributed by atoms with Gasteiger partial charge in [0.2, 0.25) is 10.0 Å². The van der Waals surface area contributed by atoms with Crippen molar-refractivity contribution in [3.63, 3.8) is 0 Å². The fourth-order valence-electron chi connectivity index (χ4n) is 2.62. The normalized spacial score (nSPS) is 12.7. The lowest BCUT2D eigenvalue weighted by Gasteiger charge is -2.16. The van der Waals surface area contributed by atoms with Crippen molar-refractivity contribution in [3.05, 3.63) is 71.8 Å². The van der Waals surface area contributed by atoms with E-state index in [9.17, 15) is 18.3 Å². The van der Waals surface area contributed by atoms with E-state index in [0.29, 0.717) is 5.56 Å². The Morgan fingerprint density at radius 1 is 1.19 bits per heavy atom. The van der Waals surface area contributed by atoms with Crippen LogP contribution in [-0.2, 0) is 10.0 Å². The molecule has 2 N–H and O–H groups in total. The van der Waals surface area contributed by atoms with Crippen LogP contribution in [0, 0.1) is 6.92 Å². The van der Waals surface area contributed by atoms with Crippen molar-refractivity contribution in [3.8, 4) is 5.69 Å². The van der Waals surface area contributed by atoms with Crippen LogP contribution in [0.25, 0.3) is 5.69 Å². The zero-order chi connectivity index (χ0) is 19.6. The van der Waals surface area contributed by atoms with Crippen molar-refractivity contribution in [1.82, 2.24) is 19.5 Å². The number of hydrogen-bond acceptors (Lipinski definition) is 5. The standard InChI is InChI=1S/C18H18N4O4S/c1-12-3-8-16(9-17(12)18(23)24)27(25,26)21-13(2)14-4-6-15(7-5-14)22-11-19-10-20-22/h3-11,13,21H,1-2H3,(H,23,24)/t13-/m1/s1. The fraction of sp³-hybridized carbons (Fsp3) is 0.167. The van der Waals surface area contributed by atoms with Gasteiger partial charge in [0.25, 0.3) is 0 Å². The summed E-state index contributed by atoms with van der Waals surface area (Å²) in [6, 6.07) is 10.7. The molecule has 0 spiro atoms. The number of aryl methyl sites for hydroxylation is 1. The molecule has 0 amide bonds. The SMILES string of the molecule is Cc1ccc(S(=O)(=O)N[C@H](C)c2ccc(-n3cncn3)cc2)cc1C(=O)O. The van der Waals surface area contributed by atoms with Crippen LogP contribution in [0.4, 0.5) is 0 Å². The van der Waals surface area contributed by atoms with E-state index in [0.717, 1.165) is 11.3 Å². The Labute approximate surface area is 156 Å². The van der Waals surface area contributed by atoms with Crippen molar-refractivity contribution >= 4 is 16.0 Å². The van der Waals surface area contributed by atoms with Crippen molar-refractivity contribution in [2.75, 3.05) is 0 Å². The summed E-state index contributed by atoms with van der Waals surface area (Å²) in [4.78, 5) is 15.0. The molecule has 0 saturated heterocycles. The number of rotatable bonds is 6. The molecule has 27 heavy (non-hydrogen) atoms. The number of hydrogen-bond donors (Lipinski definition) is 2. The summed E-state index contributed by atoms with van der Waals surface area (Å²) in [5.41, 5.74) is 2.02. The molecule has 0 unspecified atom stereocenters. The zero-order valence-corrected chi connectivity index (χ0v) is 15.5. The van der Waals surface area contributed by atoms with E-state index < -0.39 is 22.0 Å². The molecule has 1 atom stereocenters. The lowest BCUT2D eigenvalue weighted by Crippen LogP contribution is -2.27. The van der Waals surface area contributed by atoms with Gasteiger partial charge in [-0.3, -0.25) is 0 Å². The lowest BCUT2D eigenvalue weighted by atomic mass is 10.1. The second-order valence-electron chi connectivity index (χ2n) is 6.06. The van der Waals surface area contributed by atoms with Crippen LogP contribution in [0.5, 0.6) is 0 Å². The predicted molar refractivity (Wildman–Crippen MR) is 98.2 cm³/mol. The number of carboxylic acid groups (broad SMARTS) is 1. The summed E-state index contributed by atoms with van der Waals surface area (Å²) in [5, 5.41) is 13.2. The van der Waals surface area contributed by atoms with Gasteiger partial charge in [-0.25, -0.2) is 27.6 Å². The molecule has 3 aromatic rings. The van der Waals surface area contributed by atoms with Gasteiger partial charge in [0.15, 0.2) is 0 Å². The van der Waals surface area contributed by atoms with E-state index in [2.05, 4.69) is 14.8 Å². The first-order chi connectivity index (χ1) is 12.8. The number of sulfonamides is 1. The van der Waals surface area contributed by atoms with Gasteiger partial charge in [-0.2, -0.15) is 5.10 Å². The van der Waals surface area contributed by atoms with Crippen LogP contribution in [0.15, 0.2) is 60.0 Å². The van der Waals surface area contributed by atoms with Crippen LogP contribution >= 0.6 is 0 Å². The number of carboxylic acids is 1. The molecule has 0 aliphatic carbocycles. The first-order valence-corrected chi connectivity index (χ1v) is 9.57. The van der Waals surface area contributed by atoms with Gasteiger partial charge < -0.3 is 5.11 Å². The third-order valence-electron chi connectivity index (χ3n) is 4.16. The fourth-order valence-corrected chi connectivity index (χ4v) is 3.88. The average Bonchev–Trinajstić information content (AvgIpc) is 3.16. The van der Waals surface area contributed by atoms with Crippen LogP contribution in [0.3, 0.4) is 0 Å². The Hall–Kier alpha value is -3.04. The first kappa shape index (κ1) is 18.7. The third kappa shape index (κ3) is 4.04. The Morgan fingerprint density at radius 3 is 2.48 bits per heavy atom. The molecule has 0 radical (unpaired) electrons. The predicted octanol–water partition coefficient (Wildman–Crippen LogP) is 2.31. The summed E-state index contributed by atoms with van der Waals surface area (Å²) in [7, 11) is -3.87. The zero-order valence-electron chi connectivity index (χ0n) is 14.7. The molecule has 3 rings (SSSR count). The Morgan fingerprint density at radius 2 is 1.89 bits per heavy atom. The second-order valence-corrected chi connectivity index (χ2v) is 7.77. The molecule has 0 bridgehead atoms. The molecule has 8 nitrogen and oxygen atoms in total. The molecule has 0 fully saturated rings. The van der Waals surface area contributed by atoms with Gasteiger partial charge in [-0.15, -0.1) is 0 Å². The topological polar surface area (TPSA) is 114 Å². The van der Waals surface area contributed by atoms with Crippen LogP contribution < -0.4 is 4.72 Å². The number of carbonyl (C=O) groups is 1. The average molecular weight is 386 g/mol. The molecular weight excluding hydrogens is 368 g/mol. The molecule has 1 heterocycles. The third-order valence-corrected chi connectivity index (χ3v) is 5.70. The quantitative estimate of drug-likeness (QED) is 0.672. The van der Waals surface area contributed by atoms with Crippen LogP contribution in [0.2, 0.25) is 0 Å². The lowest BCUT2D eigenvalue weighted by molar-refractivity contribution is 0.0696. The minimum Gasteiger partial charge on any atom is -0.478 e. The van der Waals surface area contributed by atoms with Crippen molar-refractivity contribution < 1.29 is 18.3 Å². The van der Waals surface area contributed by atoms with E-state index >= 15 is 0 Å². The van der Waals surface area contributed by atoms with Crippen LogP contribution in [0.1, 0.15) is 34.5 Å². The molecule has 0 saturated carbocycles. The number of aromatic nitrogens is 3. The molecule has 2 aromatic carbocycles. The number of nitrogens with one attached hydrogen (secondary N) is 1. The highest BCUT2D eigenvalue weighted by molar-refractivity contribution is 7.89. The van der Waals surface area contributed by atoms with E-state index in [4.69, 9.17) is 0 Å². The minimum absolute atomic E-state index is 0.0392. The smallest absolute Gasteiger partial charge is 0.335 e. The maximum absolute atomic E-state index is 12.6. The summed E-state index contributed by atoms with van der Waals surface area (Å²) in [6.45, 7) is 3.33. The van der Waals surface area contributed by atoms with Crippen molar-refractivity contribution in [1.29, 1.82) is 0 Å². The van der Waals surface area contributed by atoms with Gasteiger partial charge in [0.05, 0.1) is 16.1 Å². The van der Waals surface area contributed by atoms with Gasteiger partial charge in [-0.05, 0) is 49.2 Å². The van der Waals surface area contributed by atoms with Gasteiger partial charge in [0, 0.05) is 6.04 Å². The minimum atomic E-state index is -3.87. The summed E-state index contributed by atoms with van der Waals surface area (Å²) >= 11 is 0. The van der Waals surface area contributed by atoms with E-state index in [1.165, 1.54) is 24.5 Å². The molecule has 0 aliphatic heterocycles. The Bertz CT molecular complexity index is 1060. The van der Waals surface area contributed by atoms with Crippen LogP contribution in [-0.4, -0.2) is 34.3 Å². The molecule has 1 aromatic heterocycles. The van der Waals surface area contributed by atoms with Crippen molar-refractivity contribution in [2.24, 2.45) is 0 Å². The maximum atomic E-state index is 12.6. The monoisotopic (exact) mass is 386 g/mol. The maximum Gasteiger partial charge on any atom is 0.335 e. The van der Waals surface area contributed by atoms with E-state index in [-0.39, 0.29) is 10.5 Å². The molecular formula is C18H18N4O4S. The molecule has 9 heteroatoms. The highest BCUT2D eigenvalue weighted by atomic mass is 32.2. The number of aromatic carboxylic acids is 1. The number of nitrogens with zero attached hydrogens (tertiary/aromatic N) is 3. The molecule has 0 aliphatic rings. The largest absolute Gasteiger partial charge is 0.478 e. The van der Waals surface area contributed by atoms with Gasteiger partial charge >= 0.3 is 5.97 Å². The molecule has 140 valence electrons. The number of benzene rings is 2. The highest BCUT2D eigenvalue weighted by Crippen LogP contribution is 2.20.